The average Bonchev–Trinajstić information content (AvgIpc) is 3.27. The molecular formula is C34H31N3O5S. The molecular weight excluding hydrogens is 562 g/mol. The van der Waals surface area contributed by atoms with E-state index in [0.717, 1.165) is 33.0 Å². The zero-order valence-electron chi connectivity index (χ0n) is 24.0. The molecule has 1 heterocycles. The summed E-state index contributed by atoms with van der Waals surface area (Å²) >= 11 is 0. The fourth-order valence-corrected chi connectivity index (χ4v) is 4.96. The summed E-state index contributed by atoms with van der Waals surface area (Å²) in [6.07, 6.45) is 3.72. The van der Waals surface area contributed by atoms with Crippen LogP contribution in [-0.4, -0.2) is 36.3 Å². The van der Waals surface area contributed by atoms with E-state index in [2.05, 4.69) is 76.9 Å². The predicted octanol–water partition coefficient (Wildman–Crippen LogP) is 7.01. The van der Waals surface area contributed by atoms with Gasteiger partial charge in [-0.25, -0.2) is 0 Å². The van der Waals surface area contributed by atoms with Crippen LogP contribution in [0.4, 0.5) is 11.4 Å². The summed E-state index contributed by atoms with van der Waals surface area (Å²) in [6, 6.07) is 32.0. The third kappa shape index (κ3) is 7.27. The summed E-state index contributed by atoms with van der Waals surface area (Å²) in [5.41, 5.74) is 9.50. The van der Waals surface area contributed by atoms with E-state index < -0.39 is 22.3 Å². The zero-order valence-corrected chi connectivity index (χ0v) is 24.8. The average molecular weight is 594 g/mol. The van der Waals surface area contributed by atoms with E-state index >= 15 is 0 Å². The van der Waals surface area contributed by atoms with Crippen molar-refractivity contribution in [2.24, 2.45) is 4.99 Å². The quantitative estimate of drug-likeness (QED) is 0.129. The van der Waals surface area contributed by atoms with E-state index in [1.54, 1.807) is 6.92 Å². The molecule has 1 aliphatic rings. The molecule has 0 unspecified atom stereocenters. The normalized spacial score (nSPS) is 14.7. The molecule has 9 heteroatoms. The molecule has 218 valence electrons. The topological polar surface area (TPSA) is 108 Å². The Morgan fingerprint density at radius 3 is 2.07 bits per heavy atom. The summed E-state index contributed by atoms with van der Waals surface area (Å²) in [7, 11) is -4.81. The molecule has 0 atom stereocenters. The Labute approximate surface area is 251 Å². The number of carbonyl (C=O) groups excluding carboxylic acids is 1. The minimum atomic E-state index is -4.81. The molecule has 0 aromatic heterocycles. The van der Waals surface area contributed by atoms with Gasteiger partial charge in [0.2, 0.25) is 0 Å². The lowest BCUT2D eigenvalue weighted by atomic mass is 9.93. The molecule has 0 fully saturated rings. The number of nitrogens with zero attached hydrogens (tertiary/aromatic N) is 2. The van der Waals surface area contributed by atoms with E-state index in [0.29, 0.717) is 5.56 Å². The highest BCUT2D eigenvalue weighted by atomic mass is 32.3. The molecule has 2 N–H and O–H groups in total. The molecule has 0 aliphatic carbocycles. The highest BCUT2D eigenvalue weighted by Crippen LogP contribution is 2.29. The number of amidine groups is 1. The van der Waals surface area contributed by atoms with Crippen LogP contribution < -0.4 is 5.32 Å². The first kappa shape index (κ1) is 29.5. The lowest BCUT2D eigenvalue weighted by molar-refractivity contribution is -0.122. The van der Waals surface area contributed by atoms with Gasteiger partial charge >= 0.3 is 16.4 Å². The highest BCUT2D eigenvalue weighted by molar-refractivity contribution is 7.81. The van der Waals surface area contributed by atoms with Gasteiger partial charge in [0.1, 0.15) is 5.70 Å². The SMILES string of the molecule is CCN1C(=O)/C(=C/c2ccc(Nc3ccc(/C=C(\c4ccccc4)c4ccc(C)c(C)c4)cc3)cc2)N=C1OS(=O)(=O)O. The summed E-state index contributed by atoms with van der Waals surface area (Å²) < 4.78 is 35.6. The molecule has 0 bridgehead atoms. The molecule has 43 heavy (non-hydrogen) atoms. The number of hydrogen-bond donors (Lipinski definition) is 2. The summed E-state index contributed by atoms with van der Waals surface area (Å²) in [6.45, 7) is 6.01. The van der Waals surface area contributed by atoms with Crippen molar-refractivity contribution in [3.63, 3.8) is 0 Å². The van der Waals surface area contributed by atoms with E-state index in [4.69, 9.17) is 4.55 Å². The minimum Gasteiger partial charge on any atom is -0.356 e. The van der Waals surface area contributed by atoms with Crippen LogP contribution in [0, 0.1) is 13.8 Å². The first-order valence-electron chi connectivity index (χ1n) is 13.7. The van der Waals surface area contributed by atoms with Crippen LogP contribution in [-0.2, 0) is 19.4 Å². The molecule has 0 saturated heterocycles. The van der Waals surface area contributed by atoms with Crippen molar-refractivity contribution >= 4 is 51.4 Å². The Bertz CT molecular complexity index is 1840. The van der Waals surface area contributed by atoms with Crippen molar-refractivity contribution in [1.82, 2.24) is 4.90 Å². The molecule has 4 aromatic rings. The van der Waals surface area contributed by atoms with Gasteiger partial charge in [0.05, 0.1) is 0 Å². The van der Waals surface area contributed by atoms with Gasteiger partial charge in [-0.3, -0.25) is 14.2 Å². The maximum atomic E-state index is 12.6. The van der Waals surface area contributed by atoms with E-state index in [1.807, 2.05) is 54.6 Å². The van der Waals surface area contributed by atoms with Crippen LogP contribution in [0.25, 0.3) is 17.7 Å². The van der Waals surface area contributed by atoms with Gasteiger partial charge in [-0.05, 0) is 96.1 Å². The Balaban J connectivity index is 1.32. The standard InChI is InChI=1S/C34H31N3O5S/c1-4-37-33(38)32(36-34(37)42-43(39,40)41)22-26-13-18-30(19-14-26)35-29-16-11-25(12-17-29)21-31(27-8-6-5-7-9-27)28-15-10-23(2)24(3)20-28/h5-22,35H,4H2,1-3H3,(H,39,40,41)/b31-21+,32-22-. The number of rotatable bonds is 8. The number of aryl methyl sites for hydroxylation is 2. The molecule has 1 amide bonds. The number of nitrogens with one attached hydrogen (secondary N) is 1. The van der Waals surface area contributed by atoms with Gasteiger partial charge in [0, 0.05) is 17.9 Å². The van der Waals surface area contributed by atoms with Gasteiger partial charge < -0.3 is 9.50 Å². The number of benzene rings is 4. The van der Waals surface area contributed by atoms with Crippen molar-refractivity contribution in [3.8, 4) is 0 Å². The van der Waals surface area contributed by atoms with Gasteiger partial charge in [-0.2, -0.15) is 13.4 Å². The van der Waals surface area contributed by atoms with Gasteiger partial charge in [-0.1, -0.05) is 72.8 Å². The van der Waals surface area contributed by atoms with Gasteiger partial charge in [-0.15, -0.1) is 0 Å². The maximum absolute atomic E-state index is 12.6. The Kier molecular flexibility index (Phi) is 8.56. The second kappa shape index (κ2) is 12.5. The smallest absolute Gasteiger partial charge is 0.356 e. The number of hydrogen-bond acceptors (Lipinski definition) is 6. The maximum Gasteiger partial charge on any atom is 0.449 e. The van der Waals surface area contributed by atoms with Crippen LogP contribution in [0.15, 0.2) is 108 Å². The van der Waals surface area contributed by atoms with Crippen LogP contribution in [0.5, 0.6) is 0 Å². The van der Waals surface area contributed by atoms with Crippen molar-refractivity contribution in [2.75, 3.05) is 11.9 Å². The Hall–Kier alpha value is -4.99. The van der Waals surface area contributed by atoms with Crippen molar-refractivity contribution in [2.45, 2.75) is 20.8 Å². The third-order valence-electron chi connectivity index (χ3n) is 7.03. The second-order valence-corrected chi connectivity index (χ2v) is 11.1. The Morgan fingerprint density at radius 2 is 1.49 bits per heavy atom. The lowest BCUT2D eigenvalue weighted by Crippen LogP contribution is -2.34. The first-order valence-corrected chi connectivity index (χ1v) is 15.1. The minimum absolute atomic E-state index is 0.000484. The zero-order chi connectivity index (χ0) is 30.6. The molecule has 1 aliphatic heterocycles. The fraction of sp³-hybridized carbons (Fsp3) is 0.118. The molecule has 4 aromatic carbocycles. The Morgan fingerprint density at radius 1 is 0.860 bits per heavy atom. The molecule has 0 saturated carbocycles. The number of likely N-dealkylation sites (N-methyl/N-ethyl adjacent to an activating group) is 1. The lowest BCUT2D eigenvalue weighted by Gasteiger charge is -2.13. The molecule has 0 spiro atoms. The van der Waals surface area contributed by atoms with E-state index in [1.165, 1.54) is 22.8 Å². The van der Waals surface area contributed by atoms with Crippen LogP contribution >= 0.6 is 0 Å². The van der Waals surface area contributed by atoms with Crippen LogP contribution in [0.3, 0.4) is 0 Å². The monoisotopic (exact) mass is 593 g/mol. The van der Waals surface area contributed by atoms with Crippen molar-refractivity contribution < 1.29 is 21.9 Å². The van der Waals surface area contributed by atoms with Crippen LogP contribution in [0.1, 0.15) is 40.3 Å². The summed E-state index contributed by atoms with van der Waals surface area (Å²) in [5, 5.41) is 3.38. The summed E-state index contributed by atoms with van der Waals surface area (Å²) in [4.78, 5) is 17.6. The molecule has 8 nitrogen and oxygen atoms in total. The number of anilines is 2. The summed E-state index contributed by atoms with van der Waals surface area (Å²) in [5.74, 6) is -0.523. The number of aliphatic imine (C=N–C) groups is 1. The van der Waals surface area contributed by atoms with Gasteiger partial charge in [0.15, 0.2) is 0 Å². The van der Waals surface area contributed by atoms with E-state index in [9.17, 15) is 13.2 Å². The first-order chi connectivity index (χ1) is 20.6. The highest BCUT2D eigenvalue weighted by Gasteiger charge is 2.33. The fourth-order valence-electron chi connectivity index (χ4n) is 4.64. The van der Waals surface area contributed by atoms with Gasteiger partial charge in [0.25, 0.3) is 5.91 Å². The van der Waals surface area contributed by atoms with Crippen molar-refractivity contribution in [1.29, 1.82) is 0 Å². The van der Waals surface area contributed by atoms with Crippen molar-refractivity contribution in [3.05, 3.63) is 136 Å². The predicted molar refractivity (Wildman–Crippen MR) is 171 cm³/mol. The second-order valence-electron chi connectivity index (χ2n) is 10.1. The van der Waals surface area contributed by atoms with Crippen LogP contribution in [0.2, 0.25) is 0 Å². The number of carbonyl (C=O) groups is 1. The largest absolute Gasteiger partial charge is 0.449 e. The third-order valence-corrected chi connectivity index (χ3v) is 7.39. The number of amides is 1. The van der Waals surface area contributed by atoms with E-state index in [-0.39, 0.29) is 12.2 Å². The molecule has 0 radical (unpaired) electrons. The molecule has 5 rings (SSSR count).